The molecule has 8 nitrogen and oxygen atoms in total. The molecule has 2 aromatic rings. The number of nitro groups is 1. The van der Waals surface area contributed by atoms with E-state index < -0.39 is 4.92 Å². The molecule has 9 heteroatoms. The van der Waals surface area contributed by atoms with Crippen LogP contribution in [-0.2, 0) is 16.1 Å². The topological polar surface area (TPSA) is 93.9 Å². The molecule has 0 radical (unpaired) electrons. The van der Waals surface area contributed by atoms with Crippen LogP contribution in [0.3, 0.4) is 0 Å². The number of ether oxygens (including phenoxy) is 2. The highest BCUT2D eigenvalue weighted by Crippen LogP contribution is 2.29. The number of thiophene rings is 1. The van der Waals surface area contributed by atoms with Gasteiger partial charge in [0.25, 0.3) is 5.69 Å². The first kappa shape index (κ1) is 20.2. The Hall–Kier alpha value is -2.49. The predicted octanol–water partition coefficient (Wildman–Crippen LogP) is 3.28. The average molecular weight is 405 g/mol. The second-order valence-corrected chi connectivity index (χ2v) is 7.60. The third-order valence-corrected chi connectivity index (χ3v) is 5.35. The molecule has 0 unspecified atom stereocenters. The predicted molar refractivity (Wildman–Crippen MR) is 107 cm³/mol. The number of rotatable bonds is 9. The number of hydrogen-bond acceptors (Lipinski definition) is 7. The molecule has 0 aliphatic carbocycles. The number of hydrogen-bond donors (Lipinski definition) is 1. The Labute approximate surface area is 167 Å². The molecule has 1 atom stereocenters. The largest absolute Gasteiger partial charge is 0.496 e. The molecule has 1 amide bonds. The van der Waals surface area contributed by atoms with Gasteiger partial charge in [0.15, 0.2) is 0 Å². The normalized spacial score (nSPS) is 16.3. The monoisotopic (exact) mass is 405 g/mol. The van der Waals surface area contributed by atoms with Crippen LogP contribution in [0.25, 0.3) is 0 Å². The van der Waals surface area contributed by atoms with Crippen molar-refractivity contribution < 1.29 is 19.2 Å². The van der Waals surface area contributed by atoms with Crippen molar-refractivity contribution in [3.8, 4) is 5.75 Å². The van der Waals surface area contributed by atoms with Crippen molar-refractivity contribution in [1.82, 2.24) is 4.90 Å². The fourth-order valence-corrected chi connectivity index (χ4v) is 3.92. The van der Waals surface area contributed by atoms with E-state index >= 15 is 0 Å². The number of amides is 1. The van der Waals surface area contributed by atoms with Crippen LogP contribution in [0.2, 0.25) is 0 Å². The molecule has 1 N–H and O–H groups in total. The van der Waals surface area contributed by atoms with Gasteiger partial charge in [0.2, 0.25) is 5.91 Å². The van der Waals surface area contributed by atoms with Gasteiger partial charge in [-0.25, -0.2) is 0 Å². The molecule has 1 aliphatic heterocycles. The Morgan fingerprint density at radius 3 is 2.96 bits per heavy atom. The van der Waals surface area contributed by atoms with Crippen molar-refractivity contribution in [2.24, 2.45) is 0 Å². The highest BCUT2D eigenvalue weighted by molar-refractivity contribution is 7.09. The standard InChI is InChI=1S/C19H23N3O5S/c1-26-14-6-7-17(18(10-14)22(24)25)20-19(23)13-21(11-15-4-2-8-27-15)12-16-5-3-9-28-16/h3,5-7,9-10,15H,2,4,8,11-13H2,1H3,(H,20,23)/t15-/m1/s1. The highest BCUT2D eigenvalue weighted by atomic mass is 32.1. The quantitative estimate of drug-likeness (QED) is 0.508. The Bertz CT molecular complexity index is 806. The first-order valence-corrected chi connectivity index (χ1v) is 9.91. The van der Waals surface area contributed by atoms with Crippen LogP contribution >= 0.6 is 11.3 Å². The van der Waals surface area contributed by atoms with Crippen molar-refractivity contribution in [2.45, 2.75) is 25.5 Å². The van der Waals surface area contributed by atoms with Crippen LogP contribution in [0.15, 0.2) is 35.7 Å². The van der Waals surface area contributed by atoms with Gasteiger partial charge in [-0.05, 0) is 36.4 Å². The van der Waals surface area contributed by atoms with E-state index in [1.54, 1.807) is 17.4 Å². The Kier molecular flexibility index (Phi) is 6.96. The van der Waals surface area contributed by atoms with Crippen LogP contribution in [0.1, 0.15) is 17.7 Å². The van der Waals surface area contributed by atoms with Gasteiger partial charge >= 0.3 is 0 Å². The molecule has 3 rings (SSSR count). The number of benzene rings is 1. The third-order valence-electron chi connectivity index (χ3n) is 4.49. The summed E-state index contributed by atoms with van der Waals surface area (Å²) in [5, 5.41) is 16.0. The maximum atomic E-state index is 12.6. The van der Waals surface area contributed by atoms with Gasteiger partial charge in [-0.15, -0.1) is 11.3 Å². The molecule has 1 aromatic heterocycles. The first-order valence-electron chi connectivity index (χ1n) is 9.04. The molecule has 1 saturated heterocycles. The Morgan fingerprint density at radius 2 is 2.32 bits per heavy atom. The van der Waals surface area contributed by atoms with Crippen LogP contribution in [0, 0.1) is 10.1 Å². The minimum atomic E-state index is -0.534. The molecular weight excluding hydrogens is 382 g/mol. The number of methoxy groups -OCH3 is 1. The van der Waals surface area contributed by atoms with Gasteiger partial charge in [0.1, 0.15) is 11.4 Å². The zero-order chi connectivity index (χ0) is 19.9. The number of carbonyl (C=O) groups is 1. The van der Waals surface area contributed by atoms with E-state index in [1.165, 1.54) is 19.2 Å². The fourth-order valence-electron chi connectivity index (χ4n) is 3.17. The van der Waals surface area contributed by atoms with E-state index in [9.17, 15) is 14.9 Å². The van der Waals surface area contributed by atoms with Crippen LogP contribution in [0.4, 0.5) is 11.4 Å². The van der Waals surface area contributed by atoms with E-state index in [0.29, 0.717) is 18.8 Å². The van der Waals surface area contributed by atoms with Crippen LogP contribution in [-0.4, -0.2) is 48.6 Å². The zero-order valence-electron chi connectivity index (χ0n) is 15.6. The molecular formula is C19H23N3O5S. The second-order valence-electron chi connectivity index (χ2n) is 6.57. The lowest BCUT2D eigenvalue weighted by atomic mass is 10.2. The summed E-state index contributed by atoms with van der Waals surface area (Å²) < 4.78 is 10.7. The van der Waals surface area contributed by atoms with Crippen LogP contribution in [0.5, 0.6) is 5.75 Å². The number of nitrogens with one attached hydrogen (secondary N) is 1. The van der Waals surface area contributed by atoms with Gasteiger partial charge in [-0.1, -0.05) is 6.07 Å². The summed E-state index contributed by atoms with van der Waals surface area (Å²) in [5.41, 5.74) is -0.0411. The summed E-state index contributed by atoms with van der Waals surface area (Å²) in [6, 6.07) is 8.37. The molecule has 28 heavy (non-hydrogen) atoms. The summed E-state index contributed by atoms with van der Waals surface area (Å²) in [7, 11) is 1.44. The maximum Gasteiger partial charge on any atom is 0.296 e. The van der Waals surface area contributed by atoms with Gasteiger partial charge in [-0.3, -0.25) is 19.8 Å². The van der Waals surface area contributed by atoms with Crippen molar-refractivity contribution >= 4 is 28.6 Å². The van der Waals surface area contributed by atoms with E-state index in [0.717, 1.165) is 24.3 Å². The van der Waals surface area contributed by atoms with Gasteiger partial charge in [-0.2, -0.15) is 0 Å². The molecule has 1 aliphatic rings. The van der Waals surface area contributed by atoms with Gasteiger partial charge in [0.05, 0.1) is 30.7 Å². The SMILES string of the molecule is COc1ccc(NC(=O)CN(Cc2cccs2)C[C@H]2CCCO2)c([N+](=O)[O-])c1. The Balaban J connectivity index is 1.68. The lowest BCUT2D eigenvalue weighted by Gasteiger charge is -2.24. The van der Waals surface area contributed by atoms with E-state index in [2.05, 4.69) is 5.32 Å². The maximum absolute atomic E-state index is 12.6. The molecule has 1 fully saturated rings. The Morgan fingerprint density at radius 1 is 1.46 bits per heavy atom. The summed E-state index contributed by atoms with van der Waals surface area (Å²) in [6.07, 6.45) is 2.12. The smallest absolute Gasteiger partial charge is 0.296 e. The molecule has 1 aromatic carbocycles. The van der Waals surface area contributed by atoms with Gasteiger partial charge in [0, 0.05) is 24.6 Å². The number of carbonyl (C=O) groups excluding carboxylic acids is 1. The summed E-state index contributed by atoms with van der Waals surface area (Å²) in [5.74, 6) is 0.0604. The van der Waals surface area contributed by atoms with Gasteiger partial charge < -0.3 is 14.8 Å². The average Bonchev–Trinajstić information content (AvgIpc) is 3.36. The summed E-state index contributed by atoms with van der Waals surface area (Å²) >= 11 is 1.63. The van der Waals surface area contributed by atoms with Crippen molar-refractivity contribution in [1.29, 1.82) is 0 Å². The lowest BCUT2D eigenvalue weighted by Crippen LogP contribution is -2.37. The highest BCUT2D eigenvalue weighted by Gasteiger charge is 2.23. The summed E-state index contributed by atoms with van der Waals surface area (Å²) in [6.45, 7) is 2.16. The molecule has 0 bridgehead atoms. The third kappa shape index (κ3) is 5.51. The summed E-state index contributed by atoms with van der Waals surface area (Å²) in [4.78, 5) is 26.6. The number of nitro benzene ring substituents is 1. The number of nitrogens with zero attached hydrogens (tertiary/aromatic N) is 2. The first-order chi connectivity index (χ1) is 13.5. The minimum Gasteiger partial charge on any atom is -0.496 e. The fraction of sp³-hybridized carbons (Fsp3) is 0.421. The second kappa shape index (κ2) is 9.63. The molecule has 2 heterocycles. The molecule has 0 spiro atoms. The van der Waals surface area contributed by atoms with Crippen molar-refractivity contribution in [3.63, 3.8) is 0 Å². The van der Waals surface area contributed by atoms with E-state index in [4.69, 9.17) is 9.47 Å². The van der Waals surface area contributed by atoms with Crippen molar-refractivity contribution in [2.75, 3.05) is 32.1 Å². The van der Waals surface area contributed by atoms with E-state index in [1.807, 2.05) is 22.4 Å². The molecule has 0 saturated carbocycles. The van der Waals surface area contributed by atoms with Crippen molar-refractivity contribution in [3.05, 3.63) is 50.7 Å². The van der Waals surface area contributed by atoms with E-state index in [-0.39, 0.29) is 29.9 Å². The number of anilines is 1. The lowest BCUT2D eigenvalue weighted by molar-refractivity contribution is -0.384. The minimum absolute atomic E-state index is 0.114. The van der Waals surface area contributed by atoms with Crippen LogP contribution < -0.4 is 10.1 Å². The molecule has 150 valence electrons. The zero-order valence-corrected chi connectivity index (χ0v) is 16.4.